The normalized spacial score (nSPS) is 12.2. The van der Waals surface area contributed by atoms with E-state index < -0.39 is 10.0 Å². The first-order chi connectivity index (χ1) is 8.49. The number of nitrogens with one attached hydrogen (secondary N) is 2. The van der Waals surface area contributed by atoms with Crippen LogP contribution < -0.4 is 10.0 Å². The van der Waals surface area contributed by atoms with Gasteiger partial charge in [-0.15, -0.1) is 11.3 Å². The second-order valence-corrected chi connectivity index (χ2v) is 7.49. The highest BCUT2D eigenvalue weighted by Gasteiger charge is 2.09. The standard InChI is InChI=1S/C12H22N2O2S2/c1-11(2)13-7-3-4-9-18(15,16)14-10-12-6-5-8-17-12/h5-6,8,11,13-14H,3-4,7,9-10H2,1-2H3. The van der Waals surface area contributed by atoms with Crippen LogP contribution in [0, 0.1) is 0 Å². The molecule has 0 aromatic carbocycles. The zero-order chi connectivity index (χ0) is 13.4. The smallest absolute Gasteiger partial charge is 0.211 e. The van der Waals surface area contributed by atoms with Crippen molar-refractivity contribution in [3.05, 3.63) is 22.4 Å². The molecule has 18 heavy (non-hydrogen) atoms. The fourth-order valence-corrected chi connectivity index (χ4v) is 3.31. The summed E-state index contributed by atoms with van der Waals surface area (Å²) in [7, 11) is -3.13. The zero-order valence-electron chi connectivity index (χ0n) is 11.0. The van der Waals surface area contributed by atoms with Crippen LogP contribution in [0.1, 0.15) is 31.6 Å². The number of unbranched alkanes of at least 4 members (excludes halogenated alkanes) is 1. The third kappa shape index (κ3) is 7.10. The van der Waals surface area contributed by atoms with Gasteiger partial charge in [0.15, 0.2) is 0 Å². The molecule has 0 bridgehead atoms. The van der Waals surface area contributed by atoms with E-state index >= 15 is 0 Å². The van der Waals surface area contributed by atoms with Gasteiger partial charge in [-0.1, -0.05) is 19.9 Å². The first-order valence-electron chi connectivity index (χ1n) is 6.23. The summed E-state index contributed by atoms with van der Waals surface area (Å²) in [5.74, 6) is 0.206. The van der Waals surface area contributed by atoms with E-state index in [1.54, 1.807) is 11.3 Å². The minimum absolute atomic E-state index is 0.206. The van der Waals surface area contributed by atoms with Gasteiger partial charge in [0.25, 0.3) is 0 Å². The second kappa shape index (κ2) is 7.89. The van der Waals surface area contributed by atoms with Crippen molar-refractivity contribution in [2.75, 3.05) is 12.3 Å². The maximum absolute atomic E-state index is 11.7. The van der Waals surface area contributed by atoms with Crippen molar-refractivity contribution in [3.63, 3.8) is 0 Å². The topological polar surface area (TPSA) is 58.2 Å². The van der Waals surface area contributed by atoms with Crippen LogP contribution in [-0.4, -0.2) is 26.8 Å². The fourth-order valence-electron chi connectivity index (χ4n) is 1.47. The molecule has 0 amide bonds. The van der Waals surface area contributed by atoms with Gasteiger partial charge in [0.1, 0.15) is 0 Å². The van der Waals surface area contributed by atoms with Crippen molar-refractivity contribution >= 4 is 21.4 Å². The van der Waals surface area contributed by atoms with Crippen LogP contribution in [0.25, 0.3) is 0 Å². The molecular formula is C12H22N2O2S2. The molecule has 0 aliphatic carbocycles. The molecule has 0 atom stereocenters. The molecule has 0 unspecified atom stereocenters. The molecule has 1 rings (SSSR count). The van der Waals surface area contributed by atoms with Crippen LogP contribution in [0.3, 0.4) is 0 Å². The van der Waals surface area contributed by atoms with Crippen molar-refractivity contribution in [1.29, 1.82) is 0 Å². The maximum atomic E-state index is 11.7. The Morgan fingerprint density at radius 3 is 2.72 bits per heavy atom. The second-order valence-electron chi connectivity index (χ2n) is 4.54. The number of thiophene rings is 1. The number of rotatable bonds is 9. The molecule has 2 N–H and O–H groups in total. The molecule has 0 fully saturated rings. The summed E-state index contributed by atoms with van der Waals surface area (Å²) in [6, 6.07) is 4.31. The number of hydrogen-bond acceptors (Lipinski definition) is 4. The van der Waals surface area contributed by atoms with Gasteiger partial charge in [0.05, 0.1) is 5.75 Å². The predicted octanol–water partition coefficient (Wildman–Crippen LogP) is 1.95. The van der Waals surface area contributed by atoms with E-state index in [4.69, 9.17) is 0 Å². The van der Waals surface area contributed by atoms with Crippen molar-refractivity contribution < 1.29 is 8.42 Å². The van der Waals surface area contributed by atoms with Crippen LogP contribution in [0.2, 0.25) is 0 Å². The predicted molar refractivity (Wildman–Crippen MR) is 77.3 cm³/mol. The van der Waals surface area contributed by atoms with Gasteiger partial charge in [0.2, 0.25) is 10.0 Å². The highest BCUT2D eigenvalue weighted by molar-refractivity contribution is 7.89. The van der Waals surface area contributed by atoms with Crippen LogP contribution in [-0.2, 0) is 16.6 Å². The molecule has 0 saturated carbocycles. The van der Waals surface area contributed by atoms with E-state index in [-0.39, 0.29) is 5.75 Å². The Morgan fingerprint density at radius 2 is 2.11 bits per heavy atom. The molecule has 0 spiro atoms. The molecule has 1 aromatic heterocycles. The van der Waals surface area contributed by atoms with Gasteiger partial charge in [-0.05, 0) is 30.8 Å². The highest BCUT2D eigenvalue weighted by atomic mass is 32.2. The molecule has 4 nitrogen and oxygen atoms in total. The van der Waals surface area contributed by atoms with E-state index in [1.807, 2.05) is 17.5 Å². The van der Waals surface area contributed by atoms with Gasteiger partial charge in [-0.3, -0.25) is 0 Å². The molecule has 104 valence electrons. The van der Waals surface area contributed by atoms with Crippen molar-refractivity contribution in [1.82, 2.24) is 10.0 Å². The molecule has 0 aliphatic heterocycles. The van der Waals surface area contributed by atoms with E-state index in [0.29, 0.717) is 19.0 Å². The maximum Gasteiger partial charge on any atom is 0.211 e. The SMILES string of the molecule is CC(C)NCCCCS(=O)(=O)NCc1cccs1. The third-order valence-electron chi connectivity index (χ3n) is 2.44. The average Bonchev–Trinajstić information content (AvgIpc) is 2.78. The lowest BCUT2D eigenvalue weighted by Gasteiger charge is -2.08. The van der Waals surface area contributed by atoms with Gasteiger partial charge in [0, 0.05) is 17.5 Å². The van der Waals surface area contributed by atoms with E-state index in [9.17, 15) is 8.42 Å². The summed E-state index contributed by atoms with van der Waals surface area (Å²) in [5.41, 5.74) is 0. The lowest BCUT2D eigenvalue weighted by molar-refractivity contribution is 0.555. The molecule has 0 aliphatic rings. The molecule has 0 radical (unpaired) electrons. The summed E-state index contributed by atoms with van der Waals surface area (Å²) >= 11 is 1.56. The summed E-state index contributed by atoms with van der Waals surface area (Å²) in [4.78, 5) is 1.04. The largest absolute Gasteiger partial charge is 0.315 e. The first kappa shape index (κ1) is 15.6. The van der Waals surface area contributed by atoms with Gasteiger partial charge in [-0.25, -0.2) is 13.1 Å². The van der Waals surface area contributed by atoms with Crippen molar-refractivity contribution in [3.8, 4) is 0 Å². The zero-order valence-corrected chi connectivity index (χ0v) is 12.6. The van der Waals surface area contributed by atoms with Crippen LogP contribution in [0.15, 0.2) is 17.5 Å². The Labute approximate surface area is 114 Å². The average molecular weight is 290 g/mol. The first-order valence-corrected chi connectivity index (χ1v) is 8.76. The lowest BCUT2D eigenvalue weighted by Crippen LogP contribution is -2.27. The van der Waals surface area contributed by atoms with E-state index in [2.05, 4.69) is 23.9 Å². The monoisotopic (exact) mass is 290 g/mol. The van der Waals surface area contributed by atoms with Crippen LogP contribution in [0.5, 0.6) is 0 Å². The number of hydrogen-bond donors (Lipinski definition) is 2. The van der Waals surface area contributed by atoms with Gasteiger partial charge in [-0.2, -0.15) is 0 Å². The van der Waals surface area contributed by atoms with E-state index in [0.717, 1.165) is 17.8 Å². The molecule has 0 saturated heterocycles. The number of sulfonamides is 1. The fraction of sp³-hybridized carbons (Fsp3) is 0.667. The van der Waals surface area contributed by atoms with Crippen molar-refractivity contribution in [2.45, 2.75) is 39.3 Å². The van der Waals surface area contributed by atoms with Crippen molar-refractivity contribution in [2.24, 2.45) is 0 Å². The Morgan fingerprint density at radius 1 is 1.33 bits per heavy atom. The minimum atomic E-state index is -3.13. The summed E-state index contributed by atoms with van der Waals surface area (Å²) in [5, 5.41) is 5.22. The summed E-state index contributed by atoms with van der Waals surface area (Å²) < 4.78 is 26.0. The molecular weight excluding hydrogens is 268 g/mol. The minimum Gasteiger partial charge on any atom is -0.315 e. The molecule has 1 heterocycles. The van der Waals surface area contributed by atoms with Crippen LogP contribution >= 0.6 is 11.3 Å². The third-order valence-corrected chi connectivity index (χ3v) is 4.73. The summed E-state index contributed by atoms with van der Waals surface area (Å²) in [6.45, 7) is 5.45. The quantitative estimate of drug-likeness (QED) is 0.683. The Balaban J connectivity index is 2.15. The van der Waals surface area contributed by atoms with Gasteiger partial charge < -0.3 is 5.32 Å². The van der Waals surface area contributed by atoms with Crippen LogP contribution in [0.4, 0.5) is 0 Å². The molecule has 1 aromatic rings. The van der Waals surface area contributed by atoms with E-state index in [1.165, 1.54) is 0 Å². The summed E-state index contributed by atoms with van der Waals surface area (Å²) in [6.07, 6.45) is 1.58. The molecule has 6 heteroatoms. The van der Waals surface area contributed by atoms with Gasteiger partial charge >= 0.3 is 0 Å². The Hall–Kier alpha value is -0.430. The Bertz CT molecular complexity index is 413. The lowest BCUT2D eigenvalue weighted by atomic mass is 10.3. The Kier molecular flexibility index (Phi) is 6.85. The highest BCUT2D eigenvalue weighted by Crippen LogP contribution is 2.08.